The van der Waals surface area contributed by atoms with Crippen molar-refractivity contribution in [1.29, 1.82) is 0 Å². The third kappa shape index (κ3) is 4.97. The van der Waals surface area contributed by atoms with Crippen LogP contribution in [-0.2, 0) is 28.9 Å². The summed E-state index contributed by atoms with van der Waals surface area (Å²) in [4.78, 5) is 42.2. The van der Waals surface area contributed by atoms with Crippen LogP contribution in [0.2, 0.25) is 0 Å². The van der Waals surface area contributed by atoms with Crippen molar-refractivity contribution in [2.45, 2.75) is 51.5 Å². The average Bonchev–Trinajstić information content (AvgIpc) is 2.88. The number of piperidine rings is 2. The molecule has 7 nitrogen and oxygen atoms in total. The van der Waals surface area contributed by atoms with E-state index < -0.39 is 11.7 Å². The van der Waals surface area contributed by atoms with Crippen molar-refractivity contribution in [2.75, 3.05) is 13.1 Å². The molecular weight excluding hydrogens is 485 g/mol. The molecule has 2 aliphatic rings. The van der Waals surface area contributed by atoms with Crippen molar-refractivity contribution in [3.63, 3.8) is 0 Å². The van der Waals surface area contributed by atoms with Crippen molar-refractivity contribution < 1.29 is 22.8 Å². The van der Waals surface area contributed by atoms with E-state index in [1.54, 1.807) is 28.9 Å². The summed E-state index contributed by atoms with van der Waals surface area (Å²) in [5.41, 5.74) is 0.278. The first-order valence-corrected chi connectivity index (χ1v) is 12.3. The van der Waals surface area contributed by atoms with Crippen molar-refractivity contribution in [3.05, 3.63) is 75.7 Å². The van der Waals surface area contributed by atoms with Gasteiger partial charge in [0.05, 0.1) is 16.6 Å². The molecule has 2 saturated heterocycles. The highest BCUT2D eigenvalue weighted by Crippen LogP contribution is 2.33. The lowest BCUT2D eigenvalue weighted by Gasteiger charge is -2.47. The highest BCUT2D eigenvalue weighted by atomic mass is 19.4. The highest BCUT2D eigenvalue weighted by Gasteiger charge is 2.40. The Bertz CT molecular complexity index is 1400. The van der Waals surface area contributed by atoms with Gasteiger partial charge in [-0.3, -0.25) is 14.4 Å². The molecule has 0 aliphatic carbocycles. The Kier molecular flexibility index (Phi) is 6.51. The van der Waals surface area contributed by atoms with Crippen molar-refractivity contribution in [1.82, 2.24) is 19.6 Å². The van der Waals surface area contributed by atoms with Gasteiger partial charge in [0.15, 0.2) is 0 Å². The van der Waals surface area contributed by atoms with Crippen LogP contribution in [0.25, 0.3) is 10.8 Å². The molecule has 194 valence electrons. The molecule has 3 aromatic rings. The third-order valence-electron chi connectivity index (χ3n) is 7.47. The molecule has 1 aromatic heterocycles. The quantitative estimate of drug-likeness (QED) is 0.534. The summed E-state index contributed by atoms with van der Waals surface area (Å²) in [5.74, 6) is -0.162. The van der Waals surface area contributed by atoms with Crippen molar-refractivity contribution >= 4 is 22.6 Å². The summed E-state index contributed by atoms with van der Waals surface area (Å²) in [6.07, 6.45) is -2.86. The summed E-state index contributed by atoms with van der Waals surface area (Å²) in [6, 6.07) is 12.0. The topological polar surface area (TPSA) is 75.5 Å². The highest BCUT2D eigenvalue weighted by molar-refractivity contribution is 5.84. The second kappa shape index (κ2) is 9.64. The molecule has 2 atom stereocenters. The van der Waals surface area contributed by atoms with E-state index in [0.717, 1.165) is 17.5 Å². The molecule has 0 N–H and O–H groups in total. The Morgan fingerprint density at radius 1 is 1.03 bits per heavy atom. The maximum atomic E-state index is 13.1. The van der Waals surface area contributed by atoms with Crippen LogP contribution < -0.4 is 5.56 Å². The van der Waals surface area contributed by atoms with Gasteiger partial charge in [-0.15, -0.1) is 0 Å². The Morgan fingerprint density at radius 2 is 1.73 bits per heavy atom. The second-order valence-electron chi connectivity index (χ2n) is 9.80. The van der Waals surface area contributed by atoms with E-state index in [4.69, 9.17) is 0 Å². The maximum absolute atomic E-state index is 13.1. The lowest BCUT2D eigenvalue weighted by Crippen LogP contribution is -2.57. The number of hydrogen-bond acceptors (Lipinski definition) is 4. The lowest BCUT2D eigenvalue weighted by molar-refractivity contribution is -0.145. The first kappa shape index (κ1) is 25.0. The monoisotopic (exact) mass is 512 g/mol. The Morgan fingerprint density at radius 3 is 2.43 bits per heavy atom. The molecule has 5 rings (SSSR count). The molecule has 10 heteroatoms. The molecule has 2 aromatic carbocycles. The Balaban J connectivity index is 1.27. The third-order valence-corrected chi connectivity index (χ3v) is 7.47. The number of nitrogens with zero attached hydrogens (tertiary/aromatic N) is 4. The van der Waals surface area contributed by atoms with Gasteiger partial charge in [0.2, 0.25) is 11.8 Å². The van der Waals surface area contributed by atoms with E-state index in [2.05, 4.69) is 5.10 Å². The van der Waals surface area contributed by atoms with Crippen LogP contribution in [0.15, 0.2) is 53.3 Å². The van der Waals surface area contributed by atoms with Gasteiger partial charge in [0.25, 0.3) is 5.56 Å². The number of carbonyl (C=O) groups excluding carboxylic acids is 2. The number of carbonyl (C=O) groups is 2. The number of aryl methyl sites for hydroxylation is 1. The van der Waals surface area contributed by atoms with Gasteiger partial charge in [-0.25, -0.2) is 4.68 Å². The molecule has 2 aliphatic heterocycles. The number of rotatable bonds is 4. The predicted molar refractivity (Wildman–Crippen MR) is 130 cm³/mol. The van der Waals surface area contributed by atoms with Crippen LogP contribution in [0.4, 0.5) is 13.2 Å². The molecule has 2 amide bonds. The Labute approximate surface area is 211 Å². The zero-order valence-corrected chi connectivity index (χ0v) is 20.4. The number of benzene rings is 2. The zero-order valence-electron chi connectivity index (χ0n) is 20.4. The Hall–Kier alpha value is -3.69. The molecule has 3 heterocycles. The van der Waals surface area contributed by atoms with E-state index in [-0.39, 0.29) is 42.4 Å². The van der Waals surface area contributed by atoms with Gasteiger partial charge in [0, 0.05) is 37.5 Å². The smallest absolute Gasteiger partial charge is 0.341 e. The number of amides is 2. The fourth-order valence-electron chi connectivity index (χ4n) is 5.52. The summed E-state index contributed by atoms with van der Waals surface area (Å²) >= 11 is 0. The second-order valence-corrected chi connectivity index (χ2v) is 9.80. The molecule has 0 bridgehead atoms. The minimum atomic E-state index is -4.41. The van der Waals surface area contributed by atoms with E-state index in [9.17, 15) is 27.6 Å². The minimum Gasteiger partial charge on any atom is -0.341 e. The lowest BCUT2D eigenvalue weighted by atomic mass is 9.83. The van der Waals surface area contributed by atoms with Crippen LogP contribution in [-0.4, -0.2) is 50.5 Å². The number of hydrogen-bond donors (Lipinski definition) is 0. The summed E-state index contributed by atoms with van der Waals surface area (Å²) < 4.78 is 39.9. The van der Waals surface area contributed by atoms with Crippen LogP contribution in [0, 0.1) is 12.8 Å². The van der Waals surface area contributed by atoms with Crippen LogP contribution in [0.1, 0.15) is 36.1 Å². The number of halogens is 3. The van der Waals surface area contributed by atoms with Gasteiger partial charge >= 0.3 is 6.18 Å². The summed E-state index contributed by atoms with van der Waals surface area (Å²) in [5, 5.41) is 5.62. The fourth-order valence-corrected chi connectivity index (χ4v) is 5.52. The first-order chi connectivity index (χ1) is 17.6. The van der Waals surface area contributed by atoms with E-state index in [0.29, 0.717) is 49.0 Å². The summed E-state index contributed by atoms with van der Waals surface area (Å²) in [6.45, 7) is 2.77. The predicted octanol–water partition coefficient (Wildman–Crippen LogP) is 3.76. The van der Waals surface area contributed by atoms with Gasteiger partial charge in [-0.2, -0.15) is 18.3 Å². The normalized spacial score (nSPS) is 20.3. The van der Waals surface area contributed by atoms with Gasteiger partial charge < -0.3 is 9.80 Å². The fraction of sp³-hybridized carbons (Fsp3) is 0.407. The molecule has 0 unspecified atom stereocenters. The average molecular weight is 513 g/mol. The SMILES string of the molecule is Cc1nn(CC(=O)N2CC[C@@H]3[C@@H](CCC(=O)N3Cc3ccc(C(F)(F)F)cc3)C2)c(=O)c2ccccc12. The van der Waals surface area contributed by atoms with Crippen LogP contribution in [0.5, 0.6) is 0 Å². The molecule has 2 fully saturated rings. The van der Waals surface area contributed by atoms with Crippen LogP contribution in [0.3, 0.4) is 0 Å². The standard InChI is InChI=1S/C27H27F3N4O3/c1-17-21-4-2-3-5-22(21)26(37)34(31-17)16-25(36)32-13-12-23-19(15-32)8-11-24(35)33(23)14-18-6-9-20(10-7-18)27(28,29)30/h2-7,9-10,19,23H,8,11-16H2,1H3/t19-,23+/m0/s1. The number of alkyl halides is 3. The number of likely N-dealkylation sites (tertiary alicyclic amines) is 2. The van der Waals surface area contributed by atoms with Gasteiger partial charge in [0.1, 0.15) is 6.54 Å². The van der Waals surface area contributed by atoms with E-state index in [1.165, 1.54) is 16.8 Å². The van der Waals surface area contributed by atoms with Crippen molar-refractivity contribution in [3.8, 4) is 0 Å². The maximum Gasteiger partial charge on any atom is 0.416 e. The van der Waals surface area contributed by atoms with Crippen molar-refractivity contribution in [2.24, 2.45) is 5.92 Å². The molecule has 37 heavy (non-hydrogen) atoms. The molecule has 0 radical (unpaired) electrons. The largest absolute Gasteiger partial charge is 0.416 e. The van der Waals surface area contributed by atoms with Gasteiger partial charge in [-0.1, -0.05) is 30.3 Å². The van der Waals surface area contributed by atoms with E-state index in [1.807, 2.05) is 12.1 Å². The van der Waals surface area contributed by atoms with E-state index >= 15 is 0 Å². The first-order valence-electron chi connectivity index (χ1n) is 12.3. The number of aromatic nitrogens is 2. The molecule has 0 saturated carbocycles. The molecular formula is C27H27F3N4O3. The zero-order chi connectivity index (χ0) is 26.3. The summed E-state index contributed by atoms with van der Waals surface area (Å²) in [7, 11) is 0. The van der Waals surface area contributed by atoms with Crippen LogP contribution >= 0.6 is 0 Å². The minimum absolute atomic E-state index is 0.0247. The molecule has 0 spiro atoms. The number of fused-ring (bicyclic) bond motifs is 2. The van der Waals surface area contributed by atoms with Gasteiger partial charge in [-0.05, 0) is 49.4 Å².